The standard InChI is InChI=1S/C22H26F2N6O2/c1-3-7-25-22(31)30-8-6-18-16(14-30)20(32-19-5-4-15(23)13-17(19)24)27-21(26-18)29-11-9-28(2)10-12-29/h3-5,13H,1,6-12,14H2,2H3,(H,25,31). The normalized spacial score (nSPS) is 16.5. The number of piperazine rings is 1. The highest BCUT2D eigenvalue weighted by Crippen LogP contribution is 2.32. The van der Waals surface area contributed by atoms with Crippen molar-refractivity contribution in [3.63, 3.8) is 0 Å². The summed E-state index contributed by atoms with van der Waals surface area (Å²) in [7, 11) is 2.06. The molecule has 0 spiro atoms. The van der Waals surface area contributed by atoms with Gasteiger partial charge in [-0.2, -0.15) is 4.98 Å². The zero-order valence-electron chi connectivity index (χ0n) is 18.0. The minimum atomic E-state index is -0.824. The number of amides is 2. The Balaban J connectivity index is 1.67. The number of nitrogens with zero attached hydrogens (tertiary/aromatic N) is 5. The van der Waals surface area contributed by atoms with Crippen molar-refractivity contribution in [1.82, 2.24) is 25.1 Å². The van der Waals surface area contributed by atoms with E-state index in [0.717, 1.165) is 44.0 Å². The highest BCUT2D eigenvalue weighted by atomic mass is 19.1. The van der Waals surface area contributed by atoms with Crippen LogP contribution in [0.2, 0.25) is 0 Å². The van der Waals surface area contributed by atoms with Crippen LogP contribution >= 0.6 is 0 Å². The Morgan fingerprint density at radius 2 is 2.00 bits per heavy atom. The van der Waals surface area contributed by atoms with Crippen LogP contribution in [0.15, 0.2) is 30.9 Å². The lowest BCUT2D eigenvalue weighted by molar-refractivity contribution is 0.192. The van der Waals surface area contributed by atoms with Gasteiger partial charge in [0.05, 0.1) is 17.8 Å². The van der Waals surface area contributed by atoms with Gasteiger partial charge in [0.1, 0.15) is 5.82 Å². The molecular formula is C22H26F2N6O2. The average Bonchev–Trinajstić information content (AvgIpc) is 2.79. The third kappa shape index (κ3) is 4.80. The maximum atomic E-state index is 14.3. The monoisotopic (exact) mass is 444 g/mol. The third-order valence-corrected chi connectivity index (χ3v) is 5.58. The Morgan fingerprint density at radius 3 is 2.72 bits per heavy atom. The van der Waals surface area contributed by atoms with Gasteiger partial charge in [-0.3, -0.25) is 0 Å². The van der Waals surface area contributed by atoms with E-state index in [2.05, 4.69) is 33.7 Å². The van der Waals surface area contributed by atoms with Gasteiger partial charge in [0.2, 0.25) is 11.8 Å². The molecule has 1 aromatic heterocycles. The summed E-state index contributed by atoms with van der Waals surface area (Å²) in [5.41, 5.74) is 1.38. The van der Waals surface area contributed by atoms with Crippen molar-refractivity contribution in [2.45, 2.75) is 13.0 Å². The van der Waals surface area contributed by atoms with Gasteiger partial charge in [-0.25, -0.2) is 18.6 Å². The molecule has 0 atom stereocenters. The summed E-state index contributed by atoms with van der Waals surface area (Å²) in [4.78, 5) is 27.7. The summed E-state index contributed by atoms with van der Waals surface area (Å²) < 4.78 is 33.5. The van der Waals surface area contributed by atoms with E-state index in [4.69, 9.17) is 9.72 Å². The summed E-state index contributed by atoms with van der Waals surface area (Å²) >= 11 is 0. The number of hydrogen-bond acceptors (Lipinski definition) is 6. The number of halogens is 2. The number of anilines is 1. The number of carbonyl (C=O) groups is 1. The molecule has 0 bridgehead atoms. The first kappa shape index (κ1) is 21.9. The van der Waals surface area contributed by atoms with Crippen molar-refractivity contribution in [2.75, 3.05) is 51.2 Å². The molecule has 1 fully saturated rings. The number of likely N-dealkylation sites (N-methyl/N-ethyl adjacent to an activating group) is 1. The fraction of sp³-hybridized carbons (Fsp3) is 0.409. The summed E-state index contributed by atoms with van der Waals surface area (Å²) in [6, 6.07) is 2.88. The van der Waals surface area contributed by atoms with Gasteiger partial charge in [-0.15, -0.1) is 6.58 Å². The summed E-state index contributed by atoms with van der Waals surface area (Å²) in [5.74, 6) is -0.961. The number of fused-ring (bicyclic) bond motifs is 1. The van der Waals surface area contributed by atoms with Crippen molar-refractivity contribution in [3.8, 4) is 11.6 Å². The number of carbonyl (C=O) groups excluding carboxylic acids is 1. The first-order valence-corrected chi connectivity index (χ1v) is 10.5. The number of rotatable bonds is 5. The van der Waals surface area contributed by atoms with E-state index in [1.54, 1.807) is 11.0 Å². The number of ether oxygens (including phenoxy) is 1. The Morgan fingerprint density at radius 1 is 1.22 bits per heavy atom. The molecule has 32 heavy (non-hydrogen) atoms. The van der Waals surface area contributed by atoms with Crippen LogP contribution in [-0.2, 0) is 13.0 Å². The highest BCUT2D eigenvalue weighted by molar-refractivity contribution is 5.74. The number of nitrogens with one attached hydrogen (secondary N) is 1. The number of benzene rings is 1. The minimum Gasteiger partial charge on any atom is -0.435 e. The topological polar surface area (TPSA) is 73.8 Å². The number of urea groups is 1. The maximum absolute atomic E-state index is 14.3. The Bertz CT molecular complexity index is 1010. The molecule has 2 aliphatic heterocycles. The first-order valence-electron chi connectivity index (χ1n) is 10.5. The summed E-state index contributed by atoms with van der Waals surface area (Å²) in [5, 5.41) is 2.76. The zero-order chi connectivity index (χ0) is 22.7. The molecule has 10 heteroatoms. The quantitative estimate of drug-likeness (QED) is 0.715. The van der Waals surface area contributed by atoms with Gasteiger partial charge in [0, 0.05) is 51.8 Å². The average molecular weight is 444 g/mol. The second kappa shape index (κ2) is 9.47. The molecule has 2 amide bonds. The molecule has 8 nitrogen and oxygen atoms in total. The van der Waals surface area contributed by atoms with E-state index >= 15 is 0 Å². The number of aromatic nitrogens is 2. The van der Waals surface area contributed by atoms with Crippen molar-refractivity contribution in [2.24, 2.45) is 0 Å². The van der Waals surface area contributed by atoms with Crippen molar-refractivity contribution >= 4 is 12.0 Å². The molecule has 1 aromatic carbocycles. The molecule has 3 heterocycles. The molecule has 1 N–H and O–H groups in total. The lowest BCUT2D eigenvalue weighted by atomic mass is 10.1. The van der Waals surface area contributed by atoms with Crippen LogP contribution in [0.3, 0.4) is 0 Å². The van der Waals surface area contributed by atoms with Crippen molar-refractivity contribution < 1.29 is 18.3 Å². The van der Waals surface area contributed by atoms with Gasteiger partial charge in [-0.05, 0) is 19.2 Å². The van der Waals surface area contributed by atoms with Crippen LogP contribution in [0.5, 0.6) is 11.6 Å². The van der Waals surface area contributed by atoms with Gasteiger partial charge >= 0.3 is 6.03 Å². The van der Waals surface area contributed by atoms with Crippen LogP contribution in [-0.4, -0.2) is 72.1 Å². The molecule has 1 saturated heterocycles. The Kier molecular flexibility index (Phi) is 6.50. The molecule has 0 radical (unpaired) electrons. The van der Waals surface area contributed by atoms with Gasteiger partial charge in [0.25, 0.3) is 0 Å². The van der Waals surface area contributed by atoms with Crippen LogP contribution in [0.4, 0.5) is 19.5 Å². The molecular weight excluding hydrogens is 418 g/mol. The van der Waals surface area contributed by atoms with Crippen LogP contribution in [0, 0.1) is 11.6 Å². The Labute approximate surface area is 185 Å². The minimum absolute atomic E-state index is 0.134. The molecule has 0 aliphatic carbocycles. The fourth-order valence-corrected chi connectivity index (χ4v) is 3.71. The molecule has 0 unspecified atom stereocenters. The third-order valence-electron chi connectivity index (χ3n) is 5.58. The molecule has 0 saturated carbocycles. The number of hydrogen-bond donors (Lipinski definition) is 1. The van der Waals surface area contributed by atoms with E-state index < -0.39 is 11.6 Å². The van der Waals surface area contributed by atoms with Gasteiger partial charge < -0.3 is 24.8 Å². The molecule has 4 rings (SSSR count). The largest absolute Gasteiger partial charge is 0.435 e. The van der Waals surface area contributed by atoms with E-state index in [-0.39, 0.29) is 24.2 Å². The maximum Gasteiger partial charge on any atom is 0.317 e. The smallest absolute Gasteiger partial charge is 0.317 e. The van der Waals surface area contributed by atoms with Crippen molar-refractivity contribution in [3.05, 3.63) is 53.7 Å². The molecule has 170 valence electrons. The second-order valence-electron chi connectivity index (χ2n) is 7.87. The molecule has 2 aromatic rings. The van der Waals surface area contributed by atoms with Crippen LogP contribution < -0.4 is 15.0 Å². The van der Waals surface area contributed by atoms with Crippen LogP contribution in [0.1, 0.15) is 11.3 Å². The fourth-order valence-electron chi connectivity index (χ4n) is 3.71. The van der Waals surface area contributed by atoms with Crippen molar-refractivity contribution in [1.29, 1.82) is 0 Å². The lowest BCUT2D eigenvalue weighted by Gasteiger charge is -2.34. The Hall–Kier alpha value is -3.27. The van der Waals surface area contributed by atoms with E-state index in [9.17, 15) is 13.6 Å². The SMILES string of the molecule is C=CCNC(=O)N1CCc2nc(N3CCN(C)CC3)nc(Oc3ccc(F)cc3F)c2C1. The second-order valence-corrected chi connectivity index (χ2v) is 7.87. The summed E-state index contributed by atoms with van der Waals surface area (Å²) in [6.45, 7) is 7.93. The molecule has 2 aliphatic rings. The van der Waals surface area contributed by atoms with E-state index in [1.807, 2.05) is 0 Å². The lowest BCUT2D eigenvalue weighted by Crippen LogP contribution is -2.46. The van der Waals surface area contributed by atoms with Crippen LogP contribution in [0.25, 0.3) is 0 Å². The first-order chi connectivity index (χ1) is 15.4. The van der Waals surface area contributed by atoms with E-state index in [0.29, 0.717) is 31.0 Å². The van der Waals surface area contributed by atoms with Gasteiger partial charge in [0.15, 0.2) is 11.6 Å². The predicted octanol–water partition coefficient (Wildman–Crippen LogP) is 2.55. The highest BCUT2D eigenvalue weighted by Gasteiger charge is 2.28. The van der Waals surface area contributed by atoms with Gasteiger partial charge in [-0.1, -0.05) is 6.08 Å². The predicted molar refractivity (Wildman–Crippen MR) is 116 cm³/mol. The van der Waals surface area contributed by atoms with E-state index in [1.165, 1.54) is 6.07 Å². The summed E-state index contributed by atoms with van der Waals surface area (Å²) in [6.07, 6.45) is 2.12. The zero-order valence-corrected chi connectivity index (χ0v) is 18.0.